The molecule has 0 radical (unpaired) electrons. The van der Waals surface area contributed by atoms with Gasteiger partial charge in [0.15, 0.2) is 24.0 Å². The predicted molar refractivity (Wildman–Crippen MR) is 60.2 cm³/mol. The standard InChI is InChI=1S/C12H18O7/c1-11(2)16-6-5(7(17-11)9(13)14)15-10-8(6)18-12(3,4)19-10/h5-8,10H,1-4H3,(H,13,14)/t5-,6-,7?,8-,10-/m0/s1. The minimum Gasteiger partial charge on any atom is -0.479 e. The van der Waals surface area contributed by atoms with Gasteiger partial charge in [-0.05, 0) is 27.7 Å². The number of hydrogen-bond donors (Lipinski definition) is 1. The van der Waals surface area contributed by atoms with Gasteiger partial charge in [-0.1, -0.05) is 0 Å². The molecule has 3 heterocycles. The highest BCUT2D eigenvalue weighted by Crippen LogP contribution is 2.44. The minimum atomic E-state index is -1.09. The Hall–Kier alpha value is -0.730. The molecule has 3 saturated heterocycles. The lowest BCUT2D eigenvalue weighted by Crippen LogP contribution is -2.58. The van der Waals surface area contributed by atoms with E-state index in [-0.39, 0.29) is 0 Å². The molecule has 3 aliphatic rings. The number of carbonyl (C=O) groups is 1. The van der Waals surface area contributed by atoms with Crippen LogP contribution < -0.4 is 0 Å². The first kappa shape index (κ1) is 13.3. The van der Waals surface area contributed by atoms with Gasteiger partial charge in [-0.2, -0.15) is 0 Å². The monoisotopic (exact) mass is 274 g/mol. The molecule has 0 bridgehead atoms. The van der Waals surface area contributed by atoms with Crippen LogP contribution >= 0.6 is 0 Å². The SMILES string of the molecule is CC1(C)O[C@@H]2O[C@@H]3C(C(=O)O)OC(C)(C)O[C@@H]3[C@@H]2O1. The lowest BCUT2D eigenvalue weighted by Gasteiger charge is -2.42. The van der Waals surface area contributed by atoms with Crippen LogP contribution in [-0.2, 0) is 28.5 Å². The van der Waals surface area contributed by atoms with Gasteiger partial charge in [0, 0.05) is 0 Å². The second-order valence-corrected chi connectivity index (χ2v) is 5.93. The van der Waals surface area contributed by atoms with Crippen molar-refractivity contribution < 1.29 is 33.6 Å². The van der Waals surface area contributed by atoms with Gasteiger partial charge in [-0.25, -0.2) is 4.79 Å². The normalized spacial score (nSPS) is 46.6. The van der Waals surface area contributed by atoms with Crippen LogP contribution in [0.4, 0.5) is 0 Å². The Labute approximate surface area is 110 Å². The van der Waals surface area contributed by atoms with Crippen LogP contribution in [0.2, 0.25) is 0 Å². The van der Waals surface area contributed by atoms with E-state index < -0.39 is 48.2 Å². The molecular weight excluding hydrogens is 256 g/mol. The first-order valence-electron chi connectivity index (χ1n) is 6.28. The van der Waals surface area contributed by atoms with Crippen LogP contribution in [0.1, 0.15) is 27.7 Å². The van der Waals surface area contributed by atoms with E-state index in [1.165, 1.54) is 0 Å². The molecule has 7 heteroatoms. The molecule has 5 atom stereocenters. The van der Waals surface area contributed by atoms with Crippen molar-refractivity contribution in [3.8, 4) is 0 Å². The molecule has 0 aromatic carbocycles. The van der Waals surface area contributed by atoms with Crippen LogP contribution in [0.25, 0.3) is 0 Å². The van der Waals surface area contributed by atoms with E-state index in [2.05, 4.69) is 0 Å². The van der Waals surface area contributed by atoms with E-state index >= 15 is 0 Å². The second-order valence-electron chi connectivity index (χ2n) is 5.93. The lowest BCUT2D eigenvalue weighted by molar-refractivity contribution is -0.339. The van der Waals surface area contributed by atoms with Gasteiger partial charge in [0.1, 0.15) is 18.3 Å². The highest BCUT2D eigenvalue weighted by atomic mass is 16.9. The van der Waals surface area contributed by atoms with Crippen molar-refractivity contribution in [1.82, 2.24) is 0 Å². The average molecular weight is 274 g/mol. The van der Waals surface area contributed by atoms with Crippen molar-refractivity contribution in [3.63, 3.8) is 0 Å². The molecule has 3 fully saturated rings. The van der Waals surface area contributed by atoms with E-state index in [0.29, 0.717) is 0 Å². The highest BCUT2D eigenvalue weighted by molar-refractivity contribution is 5.73. The lowest BCUT2D eigenvalue weighted by atomic mass is 10.0. The molecule has 0 saturated carbocycles. The van der Waals surface area contributed by atoms with Gasteiger partial charge in [0.2, 0.25) is 0 Å². The van der Waals surface area contributed by atoms with E-state index in [0.717, 1.165) is 0 Å². The topological polar surface area (TPSA) is 83.5 Å². The van der Waals surface area contributed by atoms with E-state index in [4.69, 9.17) is 23.7 Å². The maximum Gasteiger partial charge on any atom is 0.335 e. The first-order valence-corrected chi connectivity index (χ1v) is 6.28. The quantitative estimate of drug-likeness (QED) is 0.744. The van der Waals surface area contributed by atoms with Crippen molar-refractivity contribution in [2.24, 2.45) is 0 Å². The maximum atomic E-state index is 11.3. The molecule has 1 unspecified atom stereocenters. The molecular formula is C12H18O7. The third kappa shape index (κ3) is 2.15. The third-order valence-electron chi connectivity index (χ3n) is 3.40. The summed E-state index contributed by atoms with van der Waals surface area (Å²) in [7, 11) is 0. The molecule has 0 spiro atoms. The van der Waals surface area contributed by atoms with Crippen molar-refractivity contribution in [2.75, 3.05) is 0 Å². The first-order chi connectivity index (χ1) is 8.69. The molecule has 108 valence electrons. The summed E-state index contributed by atoms with van der Waals surface area (Å²) < 4.78 is 28.1. The van der Waals surface area contributed by atoms with Crippen LogP contribution in [-0.4, -0.2) is 53.4 Å². The Morgan fingerprint density at radius 3 is 2.11 bits per heavy atom. The summed E-state index contributed by atoms with van der Waals surface area (Å²) in [5.74, 6) is -2.84. The summed E-state index contributed by atoms with van der Waals surface area (Å²) >= 11 is 0. The fourth-order valence-corrected chi connectivity index (χ4v) is 2.80. The van der Waals surface area contributed by atoms with Crippen LogP contribution in [0, 0.1) is 0 Å². The highest BCUT2D eigenvalue weighted by Gasteiger charge is 2.62. The fraction of sp³-hybridized carbons (Fsp3) is 0.917. The predicted octanol–water partition coefficient (Wildman–Crippen LogP) is 0.467. The number of ether oxygens (including phenoxy) is 5. The van der Waals surface area contributed by atoms with E-state index in [9.17, 15) is 9.90 Å². The summed E-state index contributed by atoms with van der Waals surface area (Å²) in [5, 5.41) is 9.24. The van der Waals surface area contributed by atoms with Crippen molar-refractivity contribution in [3.05, 3.63) is 0 Å². The van der Waals surface area contributed by atoms with Crippen molar-refractivity contribution in [1.29, 1.82) is 0 Å². The average Bonchev–Trinajstić information content (AvgIpc) is 2.69. The Bertz CT molecular complexity index is 405. The van der Waals surface area contributed by atoms with Gasteiger partial charge in [0.25, 0.3) is 0 Å². The Kier molecular flexibility index (Phi) is 2.72. The Morgan fingerprint density at radius 1 is 0.895 bits per heavy atom. The zero-order chi connectivity index (χ0) is 14.0. The molecule has 0 aromatic rings. The van der Waals surface area contributed by atoms with Gasteiger partial charge < -0.3 is 28.8 Å². The molecule has 0 aliphatic carbocycles. The number of hydrogen-bond acceptors (Lipinski definition) is 6. The maximum absolute atomic E-state index is 11.3. The number of rotatable bonds is 1. The summed E-state index contributed by atoms with van der Waals surface area (Å²) in [6.07, 6.45) is -3.39. The summed E-state index contributed by atoms with van der Waals surface area (Å²) in [4.78, 5) is 11.3. The fourth-order valence-electron chi connectivity index (χ4n) is 2.80. The Morgan fingerprint density at radius 2 is 1.47 bits per heavy atom. The molecule has 0 aromatic heterocycles. The van der Waals surface area contributed by atoms with E-state index in [1.807, 2.05) is 0 Å². The number of fused-ring (bicyclic) bond motifs is 3. The summed E-state index contributed by atoms with van der Waals surface area (Å²) in [6.45, 7) is 6.91. The van der Waals surface area contributed by atoms with Crippen LogP contribution in [0.5, 0.6) is 0 Å². The number of carboxylic acids is 1. The third-order valence-corrected chi connectivity index (χ3v) is 3.40. The van der Waals surface area contributed by atoms with Crippen molar-refractivity contribution in [2.45, 2.75) is 70.0 Å². The molecule has 3 rings (SSSR count). The van der Waals surface area contributed by atoms with Gasteiger partial charge >= 0.3 is 5.97 Å². The molecule has 3 aliphatic heterocycles. The molecule has 0 amide bonds. The van der Waals surface area contributed by atoms with Gasteiger partial charge in [-0.3, -0.25) is 0 Å². The second kappa shape index (κ2) is 3.89. The van der Waals surface area contributed by atoms with Crippen LogP contribution in [0.3, 0.4) is 0 Å². The minimum absolute atomic E-state index is 0.440. The van der Waals surface area contributed by atoms with Gasteiger partial charge in [0.05, 0.1) is 0 Å². The van der Waals surface area contributed by atoms with E-state index in [1.54, 1.807) is 27.7 Å². The zero-order valence-corrected chi connectivity index (χ0v) is 11.3. The Balaban J connectivity index is 1.87. The van der Waals surface area contributed by atoms with Crippen molar-refractivity contribution >= 4 is 5.97 Å². The largest absolute Gasteiger partial charge is 0.479 e. The molecule has 1 N–H and O–H groups in total. The zero-order valence-electron chi connectivity index (χ0n) is 11.3. The summed E-state index contributed by atoms with van der Waals surface area (Å²) in [6, 6.07) is 0. The van der Waals surface area contributed by atoms with Gasteiger partial charge in [-0.15, -0.1) is 0 Å². The molecule has 7 nitrogen and oxygen atoms in total. The number of aliphatic carboxylic acids is 1. The molecule has 19 heavy (non-hydrogen) atoms. The number of carboxylic acid groups (broad SMARTS) is 1. The van der Waals surface area contributed by atoms with Crippen LogP contribution in [0.15, 0.2) is 0 Å². The summed E-state index contributed by atoms with van der Waals surface area (Å²) in [5.41, 5.74) is 0. The smallest absolute Gasteiger partial charge is 0.335 e.